The van der Waals surface area contributed by atoms with Crippen LogP contribution in [0, 0.1) is 13.8 Å². The van der Waals surface area contributed by atoms with Crippen molar-refractivity contribution in [2.24, 2.45) is 0 Å². The van der Waals surface area contributed by atoms with Crippen LogP contribution in [0.3, 0.4) is 0 Å². The lowest BCUT2D eigenvalue weighted by atomic mass is 10.4. The molecule has 1 aromatic rings. The van der Waals surface area contributed by atoms with Crippen LogP contribution in [-0.2, 0) is 0 Å². The summed E-state index contributed by atoms with van der Waals surface area (Å²) in [6.45, 7) is 3.70. The molecule has 0 atom stereocenters. The number of hydrogen-bond donors (Lipinski definition) is 1. The van der Waals surface area contributed by atoms with Gasteiger partial charge in [0.05, 0.1) is 0 Å². The van der Waals surface area contributed by atoms with Gasteiger partial charge in [-0.2, -0.15) is 0 Å². The third-order valence-corrected chi connectivity index (χ3v) is 1.29. The second-order valence-corrected chi connectivity index (χ2v) is 2.05. The van der Waals surface area contributed by atoms with Gasteiger partial charge >= 0.3 is 0 Å². The molecule has 3 heteroatoms. The molecule has 1 aromatic heterocycles. The van der Waals surface area contributed by atoms with Crippen molar-refractivity contribution in [3.8, 4) is 5.75 Å². The maximum atomic E-state index is 5.13. The summed E-state index contributed by atoms with van der Waals surface area (Å²) in [6, 6.07) is 1.79. The molecule has 0 aliphatic carbocycles. The Hall–Kier alpha value is -0.570. The van der Waals surface area contributed by atoms with Gasteiger partial charge in [0.15, 0.2) is 5.75 Å². The minimum absolute atomic E-state index is 0.691. The summed E-state index contributed by atoms with van der Waals surface area (Å²) < 4.78 is 9.80. The first kappa shape index (κ1) is 6.55. The predicted molar refractivity (Wildman–Crippen MR) is 37.8 cm³/mol. The summed E-state index contributed by atoms with van der Waals surface area (Å²) in [7, 11) is 0. The van der Waals surface area contributed by atoms with Crippen LogP contribution in [0.2, 0.25) is 0 Å². The molecule has 0 aliphatic rings. The molecule has 0 unspecified atom stereocenters. The summed E-state index contributed by atoms with van der Waals surface area (Å²) >= 11 is 3.63. The maximum absolute atomic E-state index is 5.13. The van der Waals surface area contributed by atoms with Gasteiger partial charge < -0.3 is 8.60 Å². The molecule has 9 heavy (non-hydrogen) atoms. The van der Waals surface area contributed by atoms with Gasteiger partial charge in [0.1, 0.15) is 11.5 Å². The first-order valence-electron chi connectivity index (χ1n) is 2.62. The Kier molecular flexibility index (Phi) is 1.71. The van der Waals surface area contributed by atoms with Gasteiger partial charge in [0.2, 0.25) is 0 Å². The van der Waals surface area contributed by atoms with Crippen LogP contribution in [0.1, 0.15) is 11.5 Å². The van der Waals surface area contributed by atoms with Crippen LogP contribution in [0.5, 0.6) is 5.75 Å². The highest BCUT2D eigenvalue weighted by atomic mass is 32.1. The highest BCUT2D eigenvalue weighted by molar-refractivity contribution is 7.75. The average Bonchev–Trinajstić information content (AvgIpc) is 2.10. The van der Waals surface area contributed by atoms with Crippen molar-refractivity contribution in [2.45, 2.75) is 13.8 Å². The number of furan rings is 1. The van der Waals surface area contributed by atoms with Crippen molar-refractivity contribution in [3.63, 3.8) is 0 Å². The Bertz CT molecular complexity index is 205. The molecule has 0 spiro atoms. The van der Waals surface area contributed by atoms with Gasteiger partial charge in [-0.3, -0.25) is 0 Å². The first-order chi connectivity index (χ1) is 4.24. The Balaban J connectivity index is 3.01. The minimum Gasteiger partial charge on any atom is -0.463 e. The van der Waals surface area contributed by atoms with Gasteiger partial charge in [0, 0.05) is 19.0 Å². The summed E-state index contributed by atoms with van der Waals surface area (Å²) in [5.74, 6) is 2.30. The fraction of sp³-hybridized carbons (Fsp3) is 0.333. The number of rotatable bonds is 1. The molecule has 0 amide bonds. The Morgan fingerprint density at radius 1 is 1.56 bits per heavy atom. The van der Waals surface area contributed by atoms with Crippen molar-refractivity contribution in [1.82, 2.24) is 0 Å². The van der Waals surface area contributed by atoms with Crippen LogP contribution in [0.15, 0.2) is 10.5 Å². The summed E-state index contributed by atoms with van der Waals surface area (Å²) in [4.78, 5) is 0. The monoisotopic (exact) mass is 144 g/mol. The quantitative estimate of drug-likeness (QED) is 0.481. The fourth-order valence-corrected chi connectivity index (χ4v) is 0.879. The molecule has 0 aromatic carbocycles. The van der Waals surface area contributed by atoms with Crippen LogP contribution < -0.4 is 4.18 Å². The van der Waals surface area contributed by atoms with E-state index >= 15 is 0 Å². The first-order valence-corrected chi connectivity index (χ1v) is 2.99. The van der Waals surface area contributed by atoms with E-state index in [4.69, 9.17) is 4.42 Å². The van der Waals surface area contributed by atoms with Crippen molar-refractivity contribution in [3.05, 3.63) is 17.6 Å². The van der Waals surface area contributed by atoms with Gasteiger partial charge in [-0.05, 0) is 13.8 Å². The molecule has 0 N–H and O–H groups in total. The van der Waals surface area contributed by atoms with E-state index < -0.39 is 0 Å². The Morgan fingerprint density at radius 2 is 2.22 bits per heavy atom. The largest absolute Gasteiger partial charge is 0.463 e. The average molecular weight is 144 g/mol. The zero-order valence-electron chi connectivity index (χ0n) is 5.34. The number of hydrogen-bond acceptors (Lipinski definition) is 3. The van der Waals surface area contributed by atoms with Crippen LogP contribution in [0.4, 0.5) is 0 Å². The normalized spacial score (nSPS) is 9.67. The third kappa shape index (κ3) is 1.21. The molecule has 0 saturated heterocycles. The lowest BCUT2D eigenvalue weighted by molar-refractivity contribution is 0.491. The summed E-state index contributed by atoms with van der Waals surface area (Å²) in [5, 5.41) is 0. The Morgan fingerprint density at radius 3 is 2.44 bits per heavy atom. The molecule has 1 rings (SSSR count). The number of thiol groups is 1. The van der Waals surface area contributed by atoms with Crippen molar-refractivity contribution >= 4 is 12.9 Å². The SMILES string of the molecule is Cc1cc(OS)c(C)o1. The van der Waals surface area contributed by atoms with Crippen LogP contribution >= 0.6 is 12.9 Å². The maximum Gasteiger partial charge on any atom is 0.178 e. The Labute approximate surface area is 59.4 Å². The minimum atomic E-state index is 0.691. The molecule has 0 radical (unpaired) electrons. The van der Waals surface area contributed by atoms with E-state index in [0.717, 1.165) is 11.5 Å². The van der Waals surface area contributed by atoms with Gasteiger partial charge in [-0.25, -0.2) is 0 Å². The van der Waals surface area contributed by atoms with Crippen LogP contribution in [-0.4, -0.2) is 0 Å². The predicted octanol–water partition coefficient (Wildman–Crippen LogP) is 2.12. The molecule has 50 valence electrons. The van der Waals surface area contributed by atoms with E-state index in [9.17, 15) is 0 Å². The highest BCUT2D eigenvalue weighted by Crippen LogP contribution is 2.22. The van der Waals surface area contributed by atoms with Crippen molar-refractivity contribution in [1.29, 1.82) is 0 Å². The van der Waals surface area contributed by atoms with Crippen LogP contribution in [0.25, 0.3) is 0 Å². The second kappa shape index (κ2) is 2.35. The van der Waals surface area contributed by atoms with E-state index in [0.29, 0.717) is 5.75 Å². The van der Waals surface area contributed by atoms with Crippen molar-refractivity contribution < 1.29 is 8.60 Å². The van der Waals surface area contributed by atoms with Gasteiger partial charge in [0.25, 0.3) is 0 Å². The molecule has 0 fully saturated rings. The molecule has 0 bridgehead atoms. The fourth-order valence-electron chi connectivity index (χ4n) is 0.698. The molecular weight excluding hydrogens is 136 g/mol. The third-order valence-electron chi connectivity index (χ3n) is 1.09. The second-order valence-electron chi connectivity index (χ2n) is 1.87. The number of aryl methyl sites for hydroxylation is 2. The van der Waals surface area contributed by atoms with E-state index in [1.807, 2.05) is 13.8 Å². The smallest absolute Gasteiger partial charge is 0.178 e. The summed E-state index contributed by atoms with van der Waals surface area (Å²) in [6.07, 6.45) is 0. The van der Waals surface area contributed by atoms with E-state index in [2.05, 4.69) is 17.1 Å². The molecular formula is C6H8O2S. The lowest BCUT2D eigenvalue weighted by Gasteiger charge is -1.88. The van der Waals surface area contributed by atoms with Crippen molar-refractivity contribution in [2.75, 3.05) is 0 Å². The highest BCUT2D eigenvalue weighted by Gasteiger charge is 2.02. The van der Waals surface area contributed by atoms with E-state index in [1.54, 1.807) is 6.07 Å². The van der Waals surface area contributed by atoms with Gasteiger partial charge in [-0.1, -0.05) is 0 Å². The van der Waals surface area contributed by atoms with E-state index in [1.165, 1.54) is 0 Å². The van der Waals surface area contributed by atoms with E-state index in [-0.39, 0.29) is 0 Å². The topological polar surface area (TPSA) is 22.4 Å². The lowest BCUT2D eigenvalue weighted by Crippen LogP contribution is -1.70. The zero-order valence-corrected chi connectivity index (χ0v) is 6.24. The molecule has 2 nitrogen and oxygen atoms in total. The standard InChI is InChI=1S/C6H8O2S/c1-4-3-6(8-9)5(2)7-4/h3,9H,1-2H3. The molecule has 0 aliphatic heterocycles. The molecule has 1 heterocycles. The molecule has 0 saturated carbocycles. The zero-order chi connectivity index (χ0) is 6.85. The summed E-state index contributed by atoms with van der Waals surface area (Å²) in [5.41, 5.74) is 0. The van der Waals surface area contributed by atoms with Gasteiger partial charge in [-0.15, -0.1) is 0 Å².